The van der Waals surface area contributed by atoms with Crippen LogP contribution in [0.5, 0.6) is 0 Å². The number of hydrogen-bond acceptors (Lipinski definition) is 9. The first-order valence-corrected chi connectivity index (χ1v) is 22.9. The maximum Gasteiger partial charge on any atom is 0.407 e. The van der Waals surface area contributed by atoms with Crippen LogP contribution in [0.3, 0.4) is 0 Å². The van der Waals surface area contributed by atoms with Crippen molar-refractivity contribution in [3.05, 3.63) is 115 Å². The number of likely N-dealkylation sites (tertiary alicyclic amines) is 2. The average Bonchev–Trinajstić information content (AvgIpc) is 3.92. The highest BCUT2D eigenvalue weighted by molar-refractivity contribution is 6.00. The van der Waals surface area contributed by atoms with Gasteiger partial charge in [-0.25, -0.2) is 9.59 Å². The lowest BCUT2D eigenvalue weighted by Gasteiger charge is -2.37. The molecule has 5 rings (SSSR count). The Labute approximate surface area is 395 Å². The highest BCUT2D eigenvalue weighted by Gasteiger charge is 2.47. The summed E-state index contributed by atoms with van der Waals surface area (Å²) in [6.07, 6.45) is 5.23. The maximum absolute atomic E-state index is 14.1. The summed E-state index contributed by atoms with van der Waals surface area (Å²) in [5.41, 5.74) is 2.87. The molecule has 2 saturated heterocycles. The number of benzene rings is 3. The Kier molecular flexibility index (Phi) is 17.4. The highest BCUT2D eigenvalue weighted by Crippen LogP contribution is 2.34. The molecule has 6 unspecified atom stereocenters. The maximum atomic E-state index is 14.1. The third kappa shape index (κ3) is 13.3. The molecule has 0 radical (unpaired) electrons. The molecule has 0 spiro atoms. The van der Waals surface area contributed by atoms with Crippen molar-refractivity contribution in [3.8, 4) is 0 Å². The van der Waals surface area contributed by atoms with Crippen LogP contribution in [0.25, 0.3) is 0 Å². The summed E-state index contributed by atoms with van der Waals surface area (Å²) < 4.78 is 9.64. The van der Waals surface area contributed by atoms with Gasteiger partial charge in [0.25, 0.3) is 0 Å². The van der Waals surface area contributed by atoms with Gasteiger partial charge >= 0.3 is 12.2 Å². The molecular weight excluding hydrogens is 851 g/mol. The molecule has 0 bridgehead atoms. The number of nitrogens with zero attached hydrogens (tertiary/aromatic N) is 3. The Morgan fingerprint density at radius 1 is 0.612 bits per heavy atom. The minimum Gasteiger partial charge on any atom is -0.453 e. The highest BCUT2D eigenvalue weighted by atomic mass is 16.5. The van der Waals surface area contributed by atoms with E-state index in [-0.39, 0.29) is 35.7 Å². The summed E-state index contributed by atoms with van der Waals surface area (Å²) in [7, 11) is 2.49. The van der Waals surface area contributed by atoms with Crippen molar-refractivity contribution >= 4 is 52.9 Å². The van der Waals surface area contributed by atoms with Gasteiger partial charge in [0.05, 0.1) is 14.2 Å². The van der Waals surface area contributed by atoms with Crippen molar-refractivity contribution in [2.24, 2.45) is 10.8 Å². The Bertz CT molecular complexity index is 2080. The van der Waals surface area contributed by atoms with E-state index in [0.717, 1.165) is 16.8 Å². The number of rotatable bonds is 17. The van der Waals surface area contributed by atoms with Crippen molar-refractivity contribution in [1.82, 2.24) is 20.4 Å². The molecule has 2 fully saturated rings. The summed E-state index contributed by atoms with van der Waals surface area (Å²) in [4.78, 5) is 86.0. The van der Waals surface area contributed by atoms with E-state index >= 15 is 0 Å². The van der Waals surface area contributed by atoms with Gasteiger partial charge in [0, 0.05) is 42.2 Å². The number of ether oxygens (including phenoxy) is 2. The fourth-order valence-electron chi connectivity index (χ4n) is 8.90. The van der Waals surface area contributed by atoms with Gasteiger partial charge in [0.2, 0.25) is 23.6 Å². The number of alkyl carbamates (subject to hydrolysis) is 2. The zero-order chi connectivity index (χ0) is 49.1. The second-order valence-corrected chi connectivity index (χ2v) is 19.5. The van der Waals surface area contributed by atoms with Crippen LogP contribution in [-0.2, 0) is 41.7 Å². The van der Waals surface area contributed by atoms with Crippen LogP contribution in [0.4, 0.5) is 26.7 Å². The lowest BCUT2D eigenvalue weighted by molar-refractivity contribution is -0.142. The number of carbonyl (C=O) groups is 6. The van der Waals surface area contributed by atoms with Crippen molar-refractivity contribution in [3.63, 3.8) is 0 Å². The largest absolute Gasteiger partial charge is 0.453 e. The van der Waals surface area contributed by atoms with Crippen LogP contribution >= 0.6 is 0 Å². The van der Waals surface area contributed by atoms with Gasteiger partial charge in [-0.15, -0.1) is 13.2 Å². The number of methoxy groups -OCH3 is 2. The molecule has 15 heteroatoms. The molecule has 360 valence electrons. The van der Waals surface area contributed by atoms with E-state index in [0.29, 0.717) is 63.0 Å². The molecule has 2 heterocycles. The smallest absolute Gasteiger partial charge is 0.407 e. The molecule has 0 aromatic heterocycles. The number of hydrogen-bond donors (Lipinski definition) is 4. The normalized spacial score (nSPS) is 19.0. The lowest BCUT2D eigenvalue weighted by atomic mass is 9.85. The zero-order valence-corrected chi connectivity index (χ0v) is 40.3. The van der Waals surface area contributed by atoms with E-state index in [1.807, 2.05) is 120 Å². The van der Waals surface area contributed by atoms with E-state index in [1.54, 1.807) is 22.0 Å². The quantitative estimate of drug-likeness (QED) is 0.0973. The van der Waals surface area contributed by atoms with E-state index in [9.17, 15) is 28.8 Å². The number of amides is 6. The fourth-order valence-corrected chi connectivity index (χ4v) is 8.90. The Balaban J connectivity index is 1.27. The lowest BCUT2D eigenvalue weighted by Crippen LogP contribution is -2.58. The third-order valence-electron chi connectivity index (χ3n) is 12.4. The van der Waals surface area contributed by atoms with Crippen LogP contribution in [0.2, 0.25) is 0 Å². The van der Waals surface area contributed by atoms with Gasteiger partial charge in [-0.2, -0.15) is 0 Å². The number of para-hydroxylation sites is 1. The van der Waals surface area contributed by atoms with Crippen LogP contribution in [0.15, 0.2) is 104 Å². The number of nitrogens with one attached hydrogen (secondary N) is 4. The first-order chi connectivity index (χ1) is 31.8. The second kappa shape index (κ2) is 22.7. The molecule has 0 saturated carbocycles. The van der Waals surface area contributed by atoms with Gasteiger partial charge in [-0.05, 0) is 96.9 Å². The molecule has 0 aliphatic carbocycles. The van der Waals surface area contributed by atoms with Gasteiger partial charge in [0.1, 0.15) is 24.2 Å². The van der Waals surface area contributed by atoms with Crippen LogP contribution in [0.1, 0.15) is 91.2 Å². The van der Waals surface area contributed by atoms with Crippen LogP contribution in [-0.4, -0.2) is 96.1 Å². The predicted octanol–water partition coefficient (Wildman–Crippen LogP) is 8.18. The summed E-state index contributed by atoms with van der Waals surface area (Å²) in [5.74, 6) is -1.31. The Morgan fingerprint density at radius 3 is 1.31 bits per heavy atom. The third-order valence-corrected chi connectivity index (χ3v) is 12.4. The minimum absolute atomic E-state index is 0.243. The molecule has 3 aromatic carbocycles. The molecule has 4 N–H and O–H groups in total. The van der Waals surface area contributed by atoms with Gasteiger partial charge in [0.15, 0.2) is 0 Å². The van der Waals surface area contributed by atoms with Gasteiger partial charge < -0.3 is 45.4 Å². The summed E-state index contributed by atoms with van der Waals surface area (Å²) in [6.45, 7) is 20.0. The summed E-state index contributed by atoms with van der Waals surface area (Å²) in [5, 5.41) is 11.4. The minimum atomic E-state index is -0.916. The SMILES string of the molecule is C=CCC1CCC(C(=O)Nc2ccc(CN(Cc3ccc(NC(=O)C4CCC(CC=C)N4C(=O)C(NC(=O)OC)C(C)(C)C)cc3)c3ccccc3)cc2)N1C(=O)C(NC(=O)OC)C(C)(C)C. The van der Waals surface area contributed by atoms with E-state index in [2.05, 4.69) is 39.3 Å². The average molecular weight is 920 g/mol. The van der Waals surface area contributed by atoms with Gasteiger partial charge in [-0.1, -0.05) is 96.2 Å². The van der Waals surface area contributed by atoms with Crippen molar-refractivity contribution in [2.45, 2.75) is 129 Å². The Hall–Kier alpha value is -6.64. The Morgan fingerprint density at radius 2 is 0.985 bits per heavy atom. The zero-order valence-electron chi connectivity index (χ0n) is 40.3. The van der Waals surface area contributed by atoms with E-state index in [4.69, 9.17) is 9.47 Å². The first kappa shape index (κ1) is 51.3. The van der Waals surface area contributed by atoms with E-state index in [1.165, 1.54) is 14.2 Å². The second-order valence-electron chi connectivity index (χ2n) is 19.5. The molecule has 6 amide bonds. The number of anilines is 3. The number of carbonyl (C=O) groups excluding carboxylic acids is 6. The molecule has 67 heavy (non-hydrogen) atoms. The van der Waals surface area contributed by atoms with Gasteiger partial charge in [-0.3, -0.25) is 19.2 Å². The molecule has 2 aliphatic heterocycles. The topological polar surface area (TPSA) is 179 Å². The monoisotopic (exact) mass is 920 g/mol. The fraction of sp³-hybridized carbons (Fsp3) is 0.462. The molecule has 3 aromatic rings. The summed E-state index contributed by atoms with van der Waals surface area (Å²) >= 11 is 0. The van der Waals surface area contributed by atoms with Crippen molar-refractivity contribution < 1.29 is 38.2 Å². The summed E-state index contributed by atoms with van der Waals surface area (Å²) in [6, 6.07) is 21.5. The van der Waals surface area contributed by atoms with Crippen LogP contribution < -0.4 is 26.2 Å². The standard InChI is InChI=1S/C52H69N7O8/c1-11-16-39-28-30-41(58(39)47(62)43(51(3,4)5)55-49(64)66-9)45(60)53-36-24-20-34(21-25-36)32-57(38-18-14-13-15-19-38)33-35-22-26-37(27-23-35)54-46(61)42-31-29-40(17-12-2)59(42)48(63)44(52(6,7)8)56-50(65)67-10/h11-15,18-27,39-44H,1-2,16-17,28-33H2,3-10H3,(H,53,60)(H,54,61)(H,55,64)(H,56,65). The van der Waals surface area contributed by atoms with Crippen LogP contribution in [0, 0.1) is 10.8 Å². The molecule has 15 nitrogen and oxygen atoms in total. The van der Waals surface area contributed by atoms with Crippen molar-refractivity contribution in [1.29, 1.82) is 0 Å². The molecule has 6 atom stereocenters. The first-order valence-electron chi connectivity index (χ1n) is 22.9. The van der Waals surface area contributed by atoms with E-state index < -0.39 is 47.2 Å². The molecular formula is C52H69N7O8. The molecule has 2 aliphatic rings. The van der Waals surface area contributed by atoms with Crippen molar-refractivity contribution in [2.75, 3.05) is 29.8 Å². The predicted molar refractivity (Wildman–Crippen MR) is 261 cm³/mol.